The van der Waals surface area contributed by atoms with Gasteiger partial charge in [-0.1, -0.05) is 18.7 Å². The number of hydrogen-bond donors (Lipinski definition) is 0. The van der Waals surface area contributed by atoms with Gasteiger partial charge in [0.2, 0.25) is 0 Å². The fourth-order valence-electron chi connectivity index (χ4n) is 1.87. The zero-order chi connectivity index (χ0) is 7.73. The monoisotopic (exact) mass is 152 g/mol. The van der Waals surface area contributed by atoms with E-state index in [4.69, 9.17) is 17.3 Å². The summed E-state index contributed by atoms with van der Waals surface area (Å²) in [6, 6.07) is 0. The normalized spacial score (nSPS) is 31.3. The molecule has 1 aliphatic heterocycles. The first-order chi connectivity index (χ1) is 5.31. The fourth-order valence-corrected chi connectivity index (χ4v) is 1.87. The van der Waals surface area contributed by atoms with Crippen LogP contribution in [0.4, 0.5) is 0 Å². The quantitative estimate of drug-likeness (QED) is 0.486. The van der Waals surface area contributed by atoms with Gasteiger partial charge in [-0.2, -0.15) is 0 Å². The van der Waals surface area contributed by atoms with E-state index in [2.05, 4.69) is 0 Å². The van der Waals surface area contributed by atoms with E-state index >= 15 is 0 Å². The summed E-state index contributed by atoms with van der Waals surface area (Å²) in [5, 5.41) is 0. The van der Waals surface area contributed by atoms with Crippen molar-refractivity contribution >= 4 is 7.85 Å². The van der Waals surface area contributed by atoms with E-state index in [1.165, 1.54) is 0 Å². The van der Waals surface area contributed by atoms with E-state index in [1.807, 2.05) is 0 Å². The molecule has 11 heavy (non-hydrogen) atoms. The Morgan fingerprint density at radius 3 is 2.18 bits per heavy atom. The Balaban J connectivity index is 1.94. The van der Waals surface area contributed by atoms with Gasteiger partial charge in [-0.25, -0.2) is 0 Å². The van der Waals surface area contributed by atoms with E-state index in [0.29, 0.717) is 5.82 Å². The highest BCUT2D eigenvalue weighted by Gasteiger charge is 2.38. The molecule has 0 unspecified atom stereocenters. The van der Waals surface area contributed by atoms with Crippen molar-refractivity contribution in [2.45, 2.75) is 37.3 Å². The number of ether oxygens (including phenoxy) is 2. The van der Waals surface area contributed by atoms with Crippen LogP contribution in [0.15, 0.2) is 0 Å². The lowest BCUT2D eigenvalue weighted by atomic mass is 9.73. The maximum absolute atomic E-state index is 5.77. The Labute approximate surface area is 68.7 Å². The second-order valence-electron chi connectivity index (χ2n) is 3.45. The van der Waals surface area contributed by atoms with E-state index < -0.39 is 0 Å². The number of hydrogen-bond acceptors (Lipinski definition) is 2. The molecule has 2 fully saturated rings. The van der Waals surface area contributed by atoms with Crippen LogP contribution in [0.5, 0.6) is 0 Å². The molecule has 0 aromatic rings. The highest BCUT2D eigenvalue weighted by Crippen LogP contribution is 2.39. The smallest absolute Gasteiger partial charge is 0.168 e. The molecule has 60 valence electrons. The third kappa shape index (κ3) is 1.45. The standard InChI is InChI=1S/C8H13BO2/c9-7-1-3-8(4-2-7)10-5-6-11-8/h7H,1-6H2. The third-order valence-corrected chi connectivity index (χ3v) is 2.61. The van der Waals surface area contributed by atoms with E-state index in [0.717, 1.165) is 38.9 Å². The molecule has 2 rings (SSSR count). The highest BCUT2D eigenvalue weighted by atomic mass is 16.7. The Hall–Kier alpha value is -0.0151. The molecule has 0 aromatic heterocycles. The maximum Gasteiger partial charge on any atom is 0.168 e. The first kappa shape index (κ1) is 7.62. The molecule has 1 saturated carbocycles. The molecule has 1 aliphatic carbocycles. The molecule has 1 saturated heterocycles. The molecule has 3 heteroatoms. The average molecular weight is 152 g/mol. The largest absolute Gasteiger partial charge is 0.348 e. The summed E-state index contributed by atoms with van der Waals surface area (Å²) in [5.74, 6) is 0.143. The SMILES string of the molecule is [B]C1CCC2(CC1)OCCO2. The Bertz CT molecular complexity index is 133. The molecule has 2 aliphatic rings. The van der Waals surface area contributed by atoms with Crippen molar-refractivity contribution in [1.29, 1.82) is 0 Å². The van der Waals surface area contributed by atoms with Crippen LogP contribution >= 0.6 is 0 Å². The number of rotatable bonds is 0. The predicted octanol–water partition coefficient (Wildman–Crippen LogP) is 1.26. The molecule has 2 radical (unpaired) electrons. The molecule has 0 aromatic carbocycles. The van der Waals surface area contributed by atoms with Gasteiger partial charge in [-0.15, -0.1) is 0 Å². The summed E-state index contributed by atoms with van der Waals surface area (Å²) in [6.07, 6.45) is 4.04. The van der Waals surface area contributed by atoms with Gasteiger partial charge in [0, 0.05) is 12.8 Å². The molecular weight excluding hydrogens is 139 g/mol. The first-order valence-corrected chi connectivity index (χ1v) is 4.34. The van der Waals surface area contributed by atoms with Gasteiger partial charge in [0.15, 0.2) is 5.79 Å². The Kier molecular flexibility index (Phi) is 1.94. The lowest BCUT2D eigenvalue weighted by molar-refractivity contribution is -0.176. The predicted molar refractivity (Wildman–Crippen MR) is 42.6 cm³/mol. The van der Waals surface area contributed by atoms with Gasteiger partial charge in [0.05, 0.1) is 21.1 Å². The summed E-state index contributed by atoms with van der Waals surface area (Å²) in [7, 11) is 5.77. The van der Waals surface area contributed by atoms with Gasteiger partial charge in [-0.05, 0) is 0 Å². The van der Waals surface area contributed by atoms with Gasteiger partial charge < -0.3 is 9.47 Å². The van der Waals surface area contributed by atoms with Crippen molar-refractivity contribution in [2.75, 3.05) is 13.2 Å². The van der Waals surface area contributed by atoms with Crippen LogP contribution < -0.4 is 0 Å². The zero-order valence-corrected chi connectivity index (χ0v) is 6.71. The van der Waals surface area contributed by atoms with Crippen molar-refractivity contribution < 1.29 is 9.47 Å². The topological polar surface area (TPSA) is 18.5 Å². The molecule has 0 amide bonds. The lowest BCUT2D eigenvalue weighted by Crippen LogP contribution is -2.33. The fraction of sp³-hybridized carbons (Fsp3) is 1.00. The van der Waals surface area contributed by atoms with Crippen LogP contribution in [0.2, 0.25) is 5.82 Å². The van der Waals surface area contributed by atoms with Crippen molar-refractivity contribution in [2.24, 2.45) is 0 Å². The second kappa shape index (κ2) is 2.79. The Morgan fingerprint density at radius 2 is 1.64 bits per heavy atom. The van der Waals surface area contributed by atoms with Gasteiger partial charge in [0.1, 0.15) is 0 Å². The molecule has 0 atom stereocenters. The van der Waals surface area contributed by atoms with Crippen LogP contribution in [0.1, 0.15) is 25.7 Å². The molecular formula is C8H13BO2. The van der Waals surface area contributed by atoms with E-state index in [-0.39, 0.29) is 5.79 Å². The second-order valence-corrected chi connectivity index (χ2v) is 3.45. The van der Waals surface area contributed by atoms with Crippen LogP contribution in [0.25, 0.3) is 0 Å². The van der Waals surface area contributed by atoms with Crippen LogP contribution in [0.3, 0.4) is 0 Å². The minimum absolute atomic E-state index is 0.226. The highest BCUT2D eigenvalue weighted by molar-refractivity contribution is 6.11. The minimum Gasteiger partial charge on any atom is -0.348 e. The first-order valence-electron chi connectivity index (χ1n) is 4.34. The maximum atomic E-state index is 5.77. The zero-order valence-electron chi connectivity index (χ0n) is 6.71. The van der Waals surface area contributed by atoms with Crippen molar-refractivity contribution in [3.63, 3.8) is 0 Å². The molecule has 1 heterocycles. The molecule has 0 N–H and O–H groups in total. The summed E-state index contributed by atoms with van der Waals surface area (Å²) in [5.41, 5.74) is 0. The summed E-state index contributed by atoms with van der Waals surface area (Å²) in [4.78, 5) is 0. The molecule has 1 spiro atoms. The summed E-state index contributed by atoms with van der Waals surface area (Å²) >= 11 is 0. The average Bonchev–Trinajstić information content (AvgIpc) is 2.45. The lowest BCUT2D eigenvalue weighted by Gasteiger charge is -2.34. The van der Waals surface area contributed by atoms with Gasteiger partial charge in [0.25, 0.3) is 0 Å². The summed E-state index contributed by atoms with van der Waals surface area (Å²) in [6.45, 7) is 1.52. The van der Waals surface area contributed by atoms with Crippen molar-refractivity contribution in [3.8, 4) is 0 Å². The van der Waals surface area contributed by atoms with Crippen LogP contribution in [0, 0.1) is 0 Å². The van der Waals surface area contributed by atoms with Crippen molar-refractivity contribution in [1.82, 2.24) is 0 Å². The van der Waals surface area contributed by atoms with Crippen LogP contribution in [-0.2, 0) is 9.47 Å². The molecule has 2 nitrogen and oxygen atoms in total. The van der Waals surface area contributed by atoms with E-state index in [1.54, 1.807) is 0 Å². The van der Waals surface area contributed by atoms with Gasteiger partial charge in [-0.3, -0.25) is 0 Å². The van der Waals surface area contributed by atoms with E-state index in [9.17, 15) is 0 Å². The third-order valence-electron chi connectivity index (χ3n) is 2.61. The van der Waals surface area contributed by atoms with Crippen molar-refractivity contribution in [3.05, 3.63) is 0 Å². The van der Waals surface area contributed by atoms with Crippen LogP contribution in [-0.4, -0.2) is 26.8 Å². The summed E-state index contributed by atoms with van der Waals surface area (Å²) < 4.78 is 11.1. The minimum atomic E-state index is -0.226. The van der Waals surface area contributed by atoms with Gasteiger partial charge >= 0.3 is 0 Å². The Morgan fingerprint density at radius 1 is 1.09 bits per heavy atom. The molecule has 0 bridgehead atoms.